The number of carbonyl (C=O) groups excluding carboxylic acids is 1. The standard InChI is InChI=1S/C17H32O2/c1-4-5-6-7-8-9-10-11-12-13-14-15-16(2)19-17(3)18/h9-10,16H,4-8,11-15H2,1-3H3/b10-9-. The van der Waals surface area contributed by atoms with E-state index >= 15 is 0 Å². The highest BCUT2D eigenvalue weighted by Gasteiger charge is 2.03. The molecule has 0 aliphatic carbocycles. The van der Waals surface area contributed by atoms with Crippen molar-refractivity contribution in [2.45, 2.75) is 91.1 Å². The number of esters is 1. The Morgan fingerprint density at radius 2 is 1.58 bits per heavy atom. The molecule has 0 N–H and O–H groups in total. The molecule has 112 valence electrons. The highest BCUT2D eigenvalue weighted by Crippen LogP contribution is 2.09. The third-order valence-electron chi connectivity index (χ3n) is 3.24. The number of allylic oxidation sites excluding steroid dienone is 2. The maximum Gasteiger partial charge on any atom is 0.302 e. The fourth-order valence-corrected chi connectivity index (χ4v) is 2.14. The van der Waals surface area contributed by atoms with Crippen LogP contribution in [0.4, 0.5) is 0 Å². The second-order valence-corrected chi connectivity index (χ2v) is 5.38. The van der Waals surface area contributed by atoms with E-state index in [1.165, 1.54) is 58.3 Å². The van der Waals surface area contributed by atoms with Crippen molar-refractivity contribution in [2.24, 2.45) is 0 Å². The van der Waals surface area contributed by atoms with Gasteiger partial charge in [-0.05, 0) is 45.4 Å². The molecule has 0 aromatic rings. The first-order chi connectivity index (χ1) is 9.16. The first-order valence-corrected chi connectivity index (χ1v) is 7.99. The Morgan fingerprint density at radius 1 is 1.00 bits per heavy atom. The van der Waals surface area contributed by atoms with Crippen molar-refractivity contribution in [1.29, 1.82) is 0 Å². The average Bonchev–Trinajstić information content (AvgIpc) is 2.35. The van der Waals surface area contributed by atoms with E-state index in [1.54, 1.807) is 0 Å². The Labute approximate surface area is 119 Å². The minimum absolute atomic E-state index is 0.0756. The molecule has 0 aromatic heterocycles. The van der Waals surface area contributed by atoms with Crippen LogP contribution in [0.3, 0.4) is 0 Å². The zero-order valence-corrected chi connectivity index (χ0v) is 13.1. The molecule has 0 aliphatic heterocycles. The summed E-state index contributed by atoms with van der Waals surface area (Å²) in [5.41, 5.74) is 0. The van der Waals surface area contributed by atoms with E-state index in [-0.39, 0.29) is 12.1 Å². The summed E-state index contributed by atoms with van der Waals surface area (Å²) in [5, 5.41) is 0. The summed E-state index contributed by atoms with van der Waals surface area (Å²) in [5.74, 6) is -0.168. The Bertz CT molecular complexity index is 233. The van der Waals surface area contributed by atoms with Gasteiger partial charge in [-0.3, -0.25) is 4.79 Å². The molecule has 2 heteroatoms. The van der Waals surface area contributed by atoms with Crippen LogP contribution < -0.4 is 0 Å². The minimum Gasteiger partial charge on any atom is -0.463 e. The van der Waals surface area contributed by atoms with Crippen LogP contribution in [0.1, 0.15) is 85.0 Å². The van der Waals surface area contributed by atoms with E-state index in [4.69, 9.17) is 4.74 Å². The topological polar surface area (TPSA) is 26.3 Å². The number of carbonyl (C=O) groups is 1. The zero-order chi connectivity index (χ0) is 14.3. The van der Waals surface area contributed by atoms with Gasteiger partial charge in [0.25, 0.3) is 0 Å². The van der Waals surface area contributed by atoms with Crippen LogP contribution >= 0.6 is 0 Å². The molecular weight excluding hydrogens is 236 g/mol. The van der Waals surface area contributed by atoms with Crippen LogP contribution in [0.25, 0.3) is 0 Å². The van der Waals surface area contributed by atoms with Crippen molar-refractivity contribution in [1.82, 2.24) is 0 Å². The summed E-state index contributed by atoms with van der Waals surface area (Å²) >= 11 is 0. The fraction of sp³-hybridized carbons (Fsp3) is 0.824. The molecule has 0 spiro atoms. The van der Waals surface area contributed by atoms with E-state index in [2.05, 4.69) is 19.1 Å². The molecule has 1 atom stereocenters. The summed E-state index contributed by atoms with van der Waals surface area (Å²) < 4.78 is 5.09. The number of rotatable bonds is 12. The summed E-state index contributed by atoms with van der Waals surface area (Å²) in [6, 6.07) is 0. The van der Waals surface area contributed by atoms with Crippen LogP contribution in [0.2, 0.25) is 0 Å². The van der Waals surface area contributed by atoms with Crippen molar-refractivity contribution >= 4 is 5.97 Å². The number of hydrogen-bond donors (Lipinski definition) is 0. The van der Waals surface area contributed by atoms with Gasteiger partial charge in [0.05, 0.1) is 6.10 Å². The second kappa shape index (κ2) is 13.6. The summed E-state index contributed by atoms with van der Waals surface area (Å²) in [4.78, 5) is 10.7. The lowest BCUT2D eigenvalue weighted by atomic mass is 10.1. The molecular formula is C17H32O2. The number of ether oxygens (including phenoxy) is 1. The third kappa shape index (κ3) is 15.2. The molecule has 19 heavy (non-hydrogen) atoms. The van der Waals surface area contributed by atoms with Gasteiger partial charge < -0.3 is 4.74 Å². The van der Waals surface area contributed by atoms with Crippen LogP contribution in [-0.4, -0.2) is 12.1 Å². The lowest BCUT2D eigenvalue weighted by Gasteiger charge is -2.10. The normalized spacial score (nSPS) is 12.8. The first-order valence-electron chi connectivity index (χ1n) is 7.99. The van der Waals surface area contributed by atoms with E-state index in [9.17, 15) is 4.79 Å². The maximum absolute atomic E-state index is 10.7. The Hall–Kier alpha value is -0.790. The van der Waals surface area contributed by atoms with Gasteiger partial charge in [-0.2, -0.15) is 0 Å². The SMILES string of the molecule is CCCCCC/C=C\CCCCCC(C)OC(C)=O. The molecule has 0 aliphatic rings. The van der Waals surface area contributed by atoms with Gasteiger partial charge >= 0.3 is 5.97 Å². The molecule has 0 heterocycles. The molecule has 2 nitrogen and oxygen atoms in total. The van der Waals surface area contributed by atoms with E-state index in [1.807, 2.05) is 6.92 Å². The van der Waals surface area contributed by atoms with Gasteiger partial charge in [-0.1, -0.05) is 44.8 Å². The minimum atomic E-state index is -0.168. The Morgan fingerprint density at radius 3 is 2.11 bits per heavy atom. The molecule has 0 saturated carbocycles. The van der Waals surface area contributed by atoms with Gasteiger partial charge in [0.2, 0.25) is 0 Å². The van der Waals surface area contributed by atoms with Gasteiger partial charge in [-0.15, -0.1) is 0 Å². The molecule has 0 rings (SSSR count). The van der Waals surface area contributed by atoms with E-state index < -0.39 is 0 Å². The van der Waals surface area contributed by atoms with Crippen LogP contribution in [0.5, 0.6) is 0 Å². The van der Waals surface area contributed by atoms with Crippen molar-refractivity contribution in [3.05, 3.63) is 12.2 Å². The Kier molecular flexibility index (Phi) is 13.1. The molecule has 0 amide bonds. The zero-order valence-electron chi connectivity index (χ0n) is 13.1. The van der Waals surface area contributed by atoms with Gasteiger partial charge in [0.1, 0.15) is 0 Å². The van der Waals surface area contributed by atoms with Crippen molar-refractivity contribution in [3.8, 4) is 0 Å². The third-order valence-corrected chi connectivity index (χ3v) is 3.24. The first kappa shape index (κ1) is 18.2. The van der Waals surface area contributed by atoms with Crippen LogP contribution in [0.15, 0.2) is 12.2 Å². The van der Waals surface area contributed by atoms with Crippen molar-refractivity contribution < 1.29 is 9.53 Å². The molecule has 0 radical (unpaired) electrons. The quantitative estimate of drug-likeness (QED) is 0.268. The summed E-state index contributed by atoms with van der Waals surface area (Å²) in [6.45, 7) is 5.69. The lowest BCUT2D eigenvalue weighted by molar-refractivity contribution is -0.145. The molecule has 0 saturated heterocycles. The number of hydrogen-bond acceptors (Lipinski definition) is 2. The van der Waals surface area contributed by atoms with Crippen LogP contribution in [-0.2, 0) is 9.53 Å². The van der Waals surface area contributed by atoms with E-state index in [0.29, 0.717) is 0 Å². The van der Waals surface area contributed by atoms with Gasteiger partial charge in [0, 0.05) is 6.92 Å². The Balaban J connectivity index is 3.21. The van der Waals surface area contributed by atoms with Gasteiger partial charge in [-0.25, -0.2) is 0 Å². The van der Waals surface area contributed by atoms with E-state index in [0.717, 1.165) is 12.8 Å². The highest BCUT2D eigenvalue weighted by molar-refractivity contribution is 5.66. The predicted octanol–water partition coefficient (Wildman–Crippen LogP) is 5.42. The lowest BCUT2D eigenvalue weighted by Crippen LogP contribution is -2.11. The average molecular weight is 268 g/mol. The smallest absolute Gasteiger partial charge is 0.302 e. The maximum atomic E-state index is 10.7. The molecule has 0 aromatic carbocycles. The van der Waals surface area contributed by atoms with Gasteiger partial charge in [0.15, 0.2) is 0 Å². The van der Waals surface area contributed by atoms with Crippen molar-refractivity contribution in [2.75, 3.05) is 0 Å². The van der Waals surface area contributed by atoms with Crippen molar-refractivity contribution in [3.63, 3.8) is 0 Å². The summed E-state index contributed by atoms with van der Waals surface area (Å²) in [6.07, 6.45) is 17.2. The van der Waals surface area contributed by atoms with Crippen LogP contribution in [0, 0.1) is 0 Å². The number of unbranched alkanes of at least 4 members (excludes halogenated alkanes) is 7. The second-order valence-electron chi connectivity index (χ2n) is 5.38. The fourth-order valence-electron chi connectivity index (χ4n) is 2.14. The molecule has 0 fully saturated rings. The molecule has 0 bridgehead atoms. The molecule has 1 unspecified atom stereocenters. The highest BCUT2D eigenvalue weighted by atomic mass is 16.5. The largest absolute Gasteiger partial charge is 0.463 e. The predicted molar refractivity (Wildman–Crippen MR) is 82.2 cm³/mol. The monoisotopic (exact) mass is 268 g/mol. The summed E-state index contributed by atoms with van der Waals surface area (Å²) in [7, 11) is 0.